The van der Waals surface area contributed by atoms with E-state index in [1.165, 1.54) is 6.07 Å². The van der Waals surface area contributed by atoms with Crippen LogP contribution in [0.4, 0.5) is 11.5 Å². The van der Waals surface area contributed by atoms with Crippen LogP contribution in [0.1, 0.15) is 24.2 Å². The van der Waals surface area contributed by atoms with Crippen LogP contribution in [0.3, 0.4) is 0 Å². The number of aryl methyl sites for hydroxylation is 2. The molecule has 2 rings (SSSR count). The monoisotopic (exact) mass is 275 g/mol. The molecule has 106 valence electrons. The van der Waals surface area contributed by atoms with Gasteiger partial charge in [0, 0.05) is 31.9 Å². The largest absolute Gasteiger partial charge is 0.353 e. The fourth-order valence-electron chi connectivity index (χ4n) is 2.01. The molecule has 7 heteroatoms. The van der Waals surface area contributed by atoms with Crippen LogP contribution in [-0.4, -0.2) is 26.7 Å². The Hall–Kier alpha value is -2.44. The van der Waals surface area contributed by atoms with Gasteiger partial charge in [-0.05, 0) is 19.9 Å². The van der Waals surface area contributed by atoms with E-state index in [1.54, 1.807) is 23.9 Å². The second-order valence-electron chi connectivity index (χ2n) is 4.77. The van der Waals surface area contributed by atoms with Crippen LogP contribution in [0, 0.1) is 17.0 Å². The van der Waals surface area contributed by atoms with Gasteiger partial charge in [0.25, 0.3) is 5.69 Å². The van der Waals surface area contributed by atoms with Crippen LogP contribution in [0.25, 0.3) is 0 Å². The second-order valence-corrected chi connectivity index (χ2v) is 4.77. The van der Waals surface area contributed by atoms with E-state index < -0.39 is 4.92 Å². The number of pyridine rings is 1. The number of hydrogen-bond acceptors (Lipinski definition) is 5. The van der Waals surface area contributed by atoms with E-state index in [1.807, 2.05) is 32.1 Å². The minimum atomic E-state index is -0.420. The molecule has 2 aromatic rings. The summed E-state index contributed by atoms with van der Waals surface area (Å²) in [6.45, 7) is 3.68. The summed E-state index contributed by atoms with van der Waals surface area (Å²) in [5.41, 5.74) is 1.52. The van der Waals surface area contributed by atoms with E-state index in [0.29, 0.717) is 11.5 Å². The predicted octanol–water partition coefficient (Wildman–Crippen LogP) is 2.23. The zero-order chi connectivity index (χ0) is 14.9. The van der Waals surface area contributed by atoms with Gasteiger partial charge in [-0.3, -0.25) is 14.8 Å². The molecule has 0 fully saturated rings. The number of nitro groups is 1. The number of hydrogen-bond donors (Lipinski definition) is 0. The minimum Gasteiger partial charge on any atom is -0.353 e. The van der Waals surface area contributed by atoms with Crippen LogP contribution in [0.15, 0.2) is 24.5 Å². The van der Waals surface area contributed by atoms with Crippen molar-refractivity contribution < 1.29 is 4.92 Å². The molecule has 0 saturated heterocycles. The van der Waals surface area contributed by atoms with Gasteiger partial charge in [-0.15, -0.1) is 0 Å². The molecule has 0 bridgehead atoms. The molecule has 20 heavy (non-hydrogen) atoms. The first-order valence-electron chi connectivity index (χ1n) is 6.23. The molecule has 0 spiro atoms. The van der Waals surface area contributed by atoms with Crippen LogP contribution >= 0.6 is 0 Å². The molecule has 0 radical (unpaired) electrons. The van der Waals surface area contributed by atoms with Gasteiger partial charge in [0.2, 0.25) is 0 Å². The van der Waals surface area contributed by atoms with Gasteiger partial charge in [0.1, 0.15) is 11.5 Å². The van der Waals surface area contributed by atoms with Gasteiger partial charge in [-0.25, -0.2) is 4.98 Å². The molecule has 0 aliphatic heterocycles. The molecule has 0 saturated carbocycles. The van der Waals surface area contributed by atoms with Crippen LogP contribution < -0.4 is 4.90 Å². The Kier molecular flexibility index (Phi) is 3.69. The third kappa shape index (κ3) is 2.61. The van der Waals surface area contributed by atoms with Gasteiger partial charge >= 0.3 is 0 Å². The molecule has 0 amide bonds. The Morgan fingerprint density at radius 3 is 2.65 bits per heavy atom. The first kappa shape index (κ1) is 14.0. The quantitative estimate of drug-likeness (QED) is 0.631. The molecule has 2 aromatic heterocycles. The van der Waals surface area contributed by atoms with E-state index in [9.17, 15) is 10.1 Å². The summed E-state index contributed by atoms with van der Waals surface area (Å²) in [6.07, 6.45) is 3.75. The Bertz CT molecular complexity index is 637. The van der Waals surface area contributed by atoms with Crippen LogP contribution in [0.2, 0.25) is 0 Å². The molecule has 0 unspecified atom stereocenters. The molecule has 1 atom stereocenters. The summed E-state index contributed by atoms with van der Waals surface area (Å²) >= 11 is 0. The van der Waals surface area contributed by atoms with E-state index in [2.05, 4.69) is 10.1 Å². The lowest BCUT2D eigenvalue weighted by molar-refractivity contribution is -0.385. The van der Waals surface area contributed by atoms with E-state index in [-0.39, 0.29) is 11.7 Å². The highest BCUT2D eigenvalue weighted by atomic mass is 16.6. The smallest absolute Gasteiger partial charge is 0.290 e. The van der Waals surface area contributed by atoms with Gasteiger partial charge in [-0.2, -0.15) is 5.10 Å². The zero-order valence-corrected chi connectivity index (χ0v) is 11.9. The highest BCUT2D eigenvalue weighted by Crippen LogP contribution is 2.26. The molecular weight excluding hydrogens is 258 g/mol. The molecule has 0 aliphatic carbocycles. The highest BCUT2D eigenvalue weighted by Gasteiger charge is 2.18. The number of aromatic nitrogens is 3. The fourth-order valence-corrected chi connectivity index (χ4v) is 2.01. The van der Waals surface area contributed by atoms with Gasteiger partial charge in [0.05, 0.1) is 17.2 Å². The Morgan fingerprint density at radius 2 is 2.15 bits per heavy atom. The van der Waals surface area contributed by atoms with Crippen molar-refractivity contribution >= 4 is 11.5 Å². The normalized spacial score (nSPS) is 12.2. The molecule has 7 nitrogen and oxygen atoms in total. The van der Waals surface area contributed by atoms with Gasteiger partial charge in [0.15, 0.2) is 0 Å². The van der Waals surface area contributed by atoms with E-state index in [4.69, 9.17) is 0 Å². The lowest BCUT2D eigenvalue weighted by Crippen LogP contribution is -2.22. The summed E-state index contributed by atoms with van der Waals surface area (Å²) in [7, 11) is 3.77. The maximum Gasteiger partial charge on any atom is 0.290 e. The fraction of sp³-hybridized carbons (Fsp3) is 0.385. The number of anilines is 1. The topological polar surface area (TPSA) is 77.1 Å². The summed E-state index contributed by atoms with van der Waals surface area (Å²) in [5, 5.41) is 15.0. The zero-order valence-electron chi connectivity index (χ0n) is 11.9. The van der Waals surface area contributed by atoms with Crippen LogP contribution in [-0.2, 0) is 7.05 Å². The van der Waals surface area contributed by atoms with Crippen molar-refractivity contribution in [3.8, 4) is 0 Å². The summed E-state index contributed by atoms with van der Waals surface area (Å²) in [4.78, 5) is 16.7. The third-order valence-electron chi connectivity index (χ3n) is 3.39. The van der Waals surface area contributed by atoms with Crippen molar-refractivity contribution in [3.63, 3.8) is 0 Å². The maximum atomic E-state index is 10.8. The average molecular weight is 275 g/mol. The van der Waals surface area contributed by atoms with Crippen LogP contribution in [0.5, 0.6) is 0 Å². The van der Waals surface area contributed by atoms with E-state index in [0.717, 1.165) is 5.56 Å². The summed E-state index contributed by atoms with van der Waals surface area (Å²) in [5.74, 6) is 0.699. The molecule has 0 aliphatic rings. The lowest BCUT2D eigenvalue weighted by atomic mass is 10.1. The molecule has 0 N–H and O–H groups in total. The Labute approximate surface area is 117 Å². The van der Waals surface area contributed by atoms with Crippen molar-refractivity contribution in [2.24, 2.45) is 7.05 Å². The maximum absolute atomic E-state index is 10.8. The number of nitrogens with zero attached hydrogens (tertiary/aromatic N) is 5. The Balaban J connectivity index is 2.27. The van der Waals surface area contributed by atoms with Crippen molar-refractivity contribution in [2.45, 2.75) is 19.9 Å². The first-order valence-corrected chi connectivity index (χ1v) is 6.23. The van der Waals surface area contributed by atoms with Crippen molar-refractivity contribution in [1.82, 2.24) is 14.8 Å². The SMILES string of the molecule is Cc1nc(N(C)[C@H](C)c2cnn(C)c2)ccc1[N+](=O)[O-]. The highest BCUT2D eigenvalue weighted by molar-refractivity contribution is 5.47. The molecule has 0 aromatic carbocycles. The van der Waals surface area contributed by atoms with Crippen molar-refractivity contribution in [3.05, 3.63) is 45.9 Å². The lowest BCUT2D eigenvalue weighted by Gasteiger charge is -2.25. The minimum absolute atomic E-state index is 0.0381. The molecular formula is C13H17N5O2. The Morgan fingerprint density at radius 1 is 1.45 bits per heavy atom. The van der Waals surface area contributed by atoms with Gasteiger partial charge in [-0.1, -0.05) is 0 Å². The molecule has 2 heterocycles. The standard InChI is InChI=1S/C13H17N5O2/c1-9-12(18(19)20)5-6-13(15-9)17(4)10(2)11-7-14-16(3)8-11/h5-8,10H,1-4H3/t10-/m1/s1. The average Bonchev–Trinajstić information content (AvgIpc) is 2.83. The predicted molar refractivity (Wildman–Crippen MR) is 75.7 cm³/mol. The van der Waals surface area contributed by atoms with Crippen molar-refractivity contribution in [2.75, 3.05) is 11.9 Å². The number of rotatable bonds is 4. The second kappa shape index (κ2) is 5.28. The van der Waals surface area contributed by atoms with Crippen molar-refractivity contribution in [1.29, 1.82) is 0 Å². The third-order valence-corrected chi connectivity index (χ3v) is 3.39. The summed E-state index contributed by atoms with van der Waals surface area (Å²) in [6, 6.07) is 3.24. The first-order chi connectivity index (χ1) is 9.40. The summed E-state index contributed by atoms with van der Waals surface area (Å²) < 4.78 is 1.74. The van der Waals surface area contributed by atoms with E-state index >= 15 is 0 Å². The van der Waals surface area contributed by atoms with Gasteiger partial charge < -0.3 is 4.90 Å².